The molecule has 0 aliphatic heterocycles. The topological polar surface area (TPSA) is 64.3 Å². The normalized spacial score (nSPS) is 10.7. The maximum absolute atomic E-state index is 12.0. The number of rotatable bonds is 6. The number of likely N-dealkylation sites (N-methyl/N-ethyl adjacent to an activating group) is 1. The van der Waals surface area contributed by atoms with Crippen molar-refractivity contribution in [2.24, 2.45) is 0 Å². The summed E-state index contributed by atoms with van der Waals surface area (Å²) < 4.78 is 2.21. The van der Waals surface area contributed by atoms with Gasteiger partial charge in [0, 0.05) is 49.5 Å². The van der Waals surface area contributed by atoms with Crippen LogP contribution in [-0.4, -0.2) is 54.6 Å². The molecule has 0 radical (unpaired) electrons. The fourth-order valence-corrected chi connectivity index (χ4v) is 2.32. The standard InChI is InChI=1S/C17H23N5O/c1-20(2)11-12-22-10-7-14-13-15(5-6-16(14)22)19-17(23)21(3)9-4-8-18/h5-7,10,13H,4,9,11-12H2,1-3H3,(H,19,23). The second-order valence-corrected chi connectivity index (χ2v) is 5.85. The monoisotopic (exact) mass is 313 g/mol. The predicted octanol–water partition coefficient (Wildman–Crippen LogP) is 2.58. The summed E-state index contributed by atoms with van der Waals surface area (Å²) in [6, 6.07) is 9.79. The van der Waals surface area contributed by atoms with Crippen molar-refractivity contribution in [3.8, 4) is 6.07 Å². The van der Waals surface area contributed by atoms with E-state index in [4.69, 9.17) is 5.26 Å². The second kappa shape index (κ2) is 7.65. The molecule has 0 fully saturated rings. The van der Waals surface area contributed by atoms with E-state index < -0.39 is 0 Å². The summed E-state index contributed by atoms with van der Waals surface area (Å²) in [7, 11) is 5.80. The van der Waals surface area contributed by atoms with Gasteiger partial charge in [-0.1, -0.05) is 0 Å². The van der Waals surface area contributed by atoms with Crippen LogP contribution in [0.3, 0.4) is 0 Å². The number of benzene rings is 1. The third-order valence-corrected chi connectivity index (χ3v) is 3.72. The van der Waals surface area contributed by atoms with Crippen LogP contribution >= 0.6 is 0 Å². The fraction of sp³-hybridized carbons (Fsp3) is 0.412. The largest absolute Gasteiger partial charge is 0.346 e. The first-order chi connectivity index (χ1) is 11.0. The Bertz CT molecular complexity index is 713. The Balaban J connectivity index is 2.06. The van der Waals surface area contributed by atoms with Crippen molar-refractivity contribution in [2.45, 2.75) is 13.0 Å². The summed E-state index contributed by atoms with van der Waals surface area (Å²) in [4.78, 5) is 15.7. The molecule has 6 heteroatoms. The van der Waals surface area contributed by atoms with Crippen molar-refractivity contribution in [3.63, 3.8) is 0 Å². The van der Waals surface area contributed by atoms with E-state index in [2.05, 4.69) is 41.1 Å². The molecular weight excluding hydrogens is 290 g/mol. The minimum Gasteiger partial charge on any atom is -0.346 e. The van der Waals surface area contributed by atoms with Gasteiger partial charge in [-0.25, -0.2) is 4.79 Å². The van der Waals surface area contributed by atoms with Gasteiger partial charge < -0.3 is 19.7 Å². The third kappa shape index (κ3) is 4.47. The Morgan fingerprint density at radius 2 is 2.04 bits per heavy atom. The first kappa shape index (κ1) is 16.8. The lowest BCUT2D eigenvalue weighted by molar-refractivity contribution is 0.223. The molecule has 0 atom stereocenters. The molecule has 122 valence electrons. The lowest BCUT2D eigenvalue weighted by Crippen LogP contribution is -2.31. The number of hydrogen-bond acceptors (Lipinski definition) is 3. The van der Waals surface area contributed by atoms with Gasteiger partial charge in [0.2, 0.25) is 0 Å². The highest BCUT2D eigenvalue weighted by atomic mass is 16.2. The van der Waals surface area contributed by atoms with Crippen molar-refractivity contribution in [3.05, 3.63) is 30.5 Å². The summed E-state index contributed by atoms with van der Waals surface area (Å²) in [5, 5.41) is 12.5. The minimum absolute atomic E-state index is 0.202. The zero-order valence-corrected chi connectivity index (χ0v) is 13.9. The minimum atomic E-state index is -0.202. The van der Waals surface area contributed by atoms with E-state index in [1.54, 1.807) is 7.05 Å². The van der Waals surface area contributed by atoms with E-state index in [9.17, 15) is 4.79 Å². The second-order valence-electron chi connectivity index (χ2n) is 5.85. The number of nitrogens with one attached hydrogen (secondary N) is 1. The lowest BCUT2D eigenvalue weighted by Gasteiger charge is -2.16. The molecular formula is C17H23N5O. The third-order valence-electron chi connectivity index (χ3n) is 3.72. The number of carbonyl (C=O) groups is 1. The Morgan fingerprint density at radius 1 is 1.26 bits per heavy atom. The number of aromatic nitrogens is 1. The average Bonchev–Trinajstić information content (AvgIpc) is 2.92. The number of urea groups is 1. The van der Waals surface area contributed by atoms with Gasteiger partial charge in [-0.2, -0.15) is 5.26 Å². The van der Waals surface area contributed by atoms with Gasteiger partial charge in [0.15, 0.2) is 0 Å². The summed E-state index contributed by atoms with van der Waals surface area (Å²) >= 11 is 0. The van der Waals surface area contributed by atoms with E-state index >= 15 is 0 Å². The van der Waals surface area contributed by atoms with E-state index in [1.807, 2.05) is 24.3 Å². The molecule has 2 rings (SSSR count). The number of anilines is 1. The Morgan fingerprint density at radius 3 is 2.74 bits per heavy atom. The number of hydrogen-bond donors (Lipinski definition) is 1. The SMILES string of the molecule is CN(C)CCn1ccc2cc(NC(=O)N(C)CCC#N)ccc21. The lowest BCUT2D eigenvalue weighted by atomic mass is 10.2. The first-order valence-corrected chi connectivity index (χ1v) is 7.64. The maximum Gasteiger partial charge on any atom is 0.321 e. The van der Waals surface area contributed by atoms with Crippen LogP contribution in [0.5, 0.6) is 0 Å². The fourth-order valence-electron chi connectivity index (χ4n) is 2.32. The zero-order chi connectivity index (χ0) is 16.8. The molecule has 0 saturated heterocycles. The van der Waals surface area contributed by atoms with Crippen molar-refractivity contribution in [2.75, 3.05) is 39.5 Å². The maximum atomic E-state index is 12.0. The molecule has 1 aromatic carbocycles. The summed E-state index contributed by atoms with van der Waals surface area (Å²) in [5.74, 6) is 0. The number of fused-ring (bicyclic) bond motifs is 1. The highest BCUT2D eigenvalue weighted by molar-refractivity contribution is 5.92. The van der Waals surface area contributed by atoms with Crippen LogP contribution in [0.15, 0.2) is 30.5 Å². The van der Waals surface area contributed by atoms with Crippen molar-refractivity contribution < 1.29 is 4.79 Å². The summed E-state index contributed by atoms with van der Waals surface area (Å²) in [6.45, 7) is 2.33. The molecule has 0 spiro atoms. The zero-order valence-electron chi connectivity index (χ0n) is 13.9. The van der Waals surface area contributed by atoms with Gasteiger partial charge in [0.1, 0.15) is 0 Å². The summed E-state index contributed by atoms with van der Waals surface area (Å²) in [5.41, 5.74) is 1.92. The van der Waals surface area contributed by atoms with Crippen LogP contribution in [0.4, 0.5) is 10.5 Å². The van der Waals surface area contributed by atoms with Gasteiger partial charge in [-0.05, 0) is 38.4 Å². The average molecular weight is 313 g/mol. The molecule has 0 unspecified atom stereocenters. The number of nitrogens with zero attached hydrogens (tertiary/aromatic N) is 4. The number of nitriles is 1. The van der Waals surface area contributed by atoms with Crippen LogP contribution in [0, 0.1) is 11.3 Å². The van der Waals surface area contributed by atoms with Crippen molar-refractivity contribution in [1.29, 1.82) is 5.26 Å². The van der Waals surface area contributed by atoms with Crippen molar-refractivity contribution in [1.82, 2.24) is 14.4 Å². The Hall–Kier alpha value is -2.52. The van der Waals surface area contributed by atoms with Crippen LogP contribution in [0.1, 0.15) is 6.42 Å². The van der Waals surface area contributed by atoms with E-state index in [0.29, 0.717) is 13.0 Å². The number of carbonyl (C=O) groups excluding carboxylic acids is 1. The molecule has 23 heavy (non-hydrogen) atoms. The predicted molar refractivity (Wildman–Crippen MR) is 92.4 cm³/mol. The molecule has 0 saturated carbocycles. The van der Waals surface area contributed by atoms with Gasteiger partial charge in [0.05, 0.1) is 12.5 Å². The van der Waals surface area contributed by atoms with Gasteiger partial charge in [-0.15, -0.1) is 0 Å². The van der Waals surface area contributed by atoms with Crippen LogP contribution < -0.4 is 5.32 Å². The van der Waals surface area contributed by atoms with Crippen LogP contribution in [-0.2, 0) is 6.54 Å². The molecule has 1 aromatic heterocycles. The molecule has 1 heterocycles. The molecule has 2 amide bonds. The van der Waals surface area contributed by atoms with E-state index in [-0.39, 0.29) is 6.03 Å². The molecule has 0 bridgehead atoms. The highest BCUT2D eigenvalue weighted by Gasteiger charge is 2.09. The molecule has 0 aliphatic rings. The van der Waals surface area contributed by atoms with Crippen LogP contribution in [0.2, 0.25) is 0 Å². The Labute approximate surface area is 136 Å². The molecule has 0 aliphatic carbocycles. The van der Waals surface area contributed by atoms with E-state index in [1.165, 1.54) is 4.90 Å². The van der Waals surface area contributed by atoms with Gasteiger partial charge in [-0.3, -0.25) is 0 Å². The molecule has 6 nitrogen and oxygen atoms in total. The first-order valence-electron chi connectivity index (χ1n) is 7.64. The quantitative estimate of drug-likeness (QED) is 0.891. The molecule has 1 N–H and O–H groups in total. The summed E-state index contributed by atoms with van der Waals surface area (Å²) in [6.07, 6.45) is 2.40. The van der Waals surface area contributed by atoms with Gasteiger partial charge in [0.25, 0.3) is 0 Å². The van der Waals surface area contributed by atoms with Gasteiger partial charge >= 0.3 is 6.03 Å². The highest BCUT2D eigenvalue weighted by Crippen LogP contribution is 2.21. The molecule has 2 aromatic rings. The van der Waals surface area contributed by atoms with Crippen LogP contribution in [0.25, 0.3) is 10.9 Å². The number of amides is 2. The van der Waals surface area contributed by atoms with Crippen molar-refractivity contribution >= 4 is 22.6 Å². The van der Waals surface area contributed by atoms with E-state index in [0.717, 1.165) is 29.7 Å². The Kier molecular flexibility index (Phi) is 5.61. The smallest absolute Gasteiger partial charge is 0.321 e.